The normalized spacial score (nSPS) is 12.7. The molecule has 0 fully saturated rings. The van der Waals surface area contributed by atoms with Crippen molar-refractivity contribution in [3.63, 3.8) is 0 Å². The van der Waals surface area contributed by atoms with Gasteiger partial charge >= 0.3 is 0 Å². The average molecular weight is 805 g/mol. The second kappa shape index (κ2) is 14.5. The summed E-state index contributed by atoms with van der Waals surface area (Å²) in [6.07, 6.45) is 1.93. The summed E-state index contributed by atoms with van der Waals surface area (Å²) >= 11 is 0. The Morgan fingerprint density at radius 2 is 0.794 bits per heavy atom. The average Bonchev–Trinajstić information content (AvgIpc) is 3.82. The van der Waals surface area contributed by atoms with E-state index in [1.54, 1.807) is 0 Å². The maximum absolute atomic E-state index is 5.20. The summed E-state index contributed by atoms with van der Waals surface area (Å²) < 4.78 is 0. The number of aryl methyl sites for hydroxylation is 2. The second-order valence-corrected chi connectivity index (χ2v) is 16.6. The highest BCUT2D eigenvalue weighted by Crippen LogP contribution is 2.64. The molecule has 2 aliphatic carbocycles. The van der Waals surface area contributed by atoms with E-state index in [4.69, 9.17) is 15.0 Å². The van der Waals surface area contributed by atoms with E-state index in [9.17, 15) is 0 Å². The van der Waals surface area contributed by atoms with Gasteiger partial charge in [0.05, 0.1) is 5.41 Å². The molecule has 0 saturated heterocycles. The summed E-state index contributed by atoms with van der Waals surface area (Å²) in [5, 5.41) is 0. The van der Waals surface area contributed by atoms with Crippen molar-refractivity contribution in [2.24, 2.45) is 0 Å². The van der Waals surface area contributed by atoms with E-state index < -0.39 is 5.41 Å². The highest BCUT2D eigenvalue weighted by Gasteiger charge is 2.52. The van der Waals surface area contributed by atoms with Crippen molar-refractivity contribution in [2.75, 3.05) is 0 Å². The van der Waals surface area contributed by atoms with Gasteiger partial charge in [0.2, 0.25) is 0 Å². The van der Waals surface area contributed by atoms with Gasteiger partial charge in [-0.1, -0.05) is 188 Å². The van der Waals surface area contributed by atoms with Gasteiger partial charge in [-0.2, -0.15) is 0 Å². The molecule has 4 heteroatoms. The molecule has 63 heavy (non-hydrogen) atoms. The first-order chi connectivity index (χ1) is 31.1. The molecular formula is C59H40N4. The summed E-state index contributed by atoms with van der Waals surface area (Å²) in [5.41, 5.74) is 21.6. The highest BCUT2D eigenvalue weighted by atomic mass is 15.0. The monoisotopic (exact) mass is 804 g/mol. The SMILES string of the molecule is Cc1cnc(C)c(-c2ccc(-c3ccccc3-c3cccc4c3-c3ccc(-c5nc(-c6ccccc6)nc(-c6ccccc6)n5)cc3C43c4ccccc4-c4ccccc43)cc2)c1. The van der Waals surface area contributed by atoms with Gasteiger partial charge in [0.25, 0.3) is 0 Å². The van der Waals surface area contributed by atoms with Crippen LogP contribution < -0.4 is 0 Å². The third-order valence-corrected chi connectivity index (χ3v) is 13.0. The van der Waals surface area contributed by atoms with Crippen LogP contribution in [0.3, 0.4) is 0 Å². The molecule has 0 saturated carbocycles. The van der Waals surface area contributed by atoms with E-state index in [0.717, 1.165) is 27.9 Å². The molecule has 0 aliphatic heterocycles. The number of nitrogens with zero attached hydrogens (tertiary/aromatic N) is 4. The summed E-state index contributed by atoms with van der Waals surface area (Å²) in [5.74, 6) is 1.93. The van der Waals surface area contributed by atoms with Crippen molar-refractivity contribution < 1.29 is 0 Å². The Bertz CT molecular complexity index is 3310. The van der Waals surface area contributed by atoms with E-state index >= 15 is 0 Å². The number of hydrogen-bond acceptors (Lipinski definition) is 4. The molecule has 2 aromatic heterocycles. The minimum absolute atomic E-state index is 0.572. The Labute approximate surface area is 367 Å². The zero-order valence-electron chi connectivity index (χ0n) is 34.9. The van der Waals surface area contributed by atoms with E-state index in [0.29, 0.717) is 17.5 Å². The lowest BCUT2D eigenvalue weighted by atomic mass is 9.70. The molecule has 0 atom stereocenters. The molecule has 8 aromatic carbocycles. The molecule has 0 bridgehead atoms. The molecule has 10 aromatic rings. The smallest absolute Gasteiger partial charge is 0.164 e. The Kier molecular flexibility index (Phi) is 8.48. The molecular weight excluding hydrogens is 765 g/mol. The van der Waals surface area contributed by atoms with Crippen LogP contribution in [0.2, 0.25) is 0 Å². The number of pyridine rings is 1. The second-order valence-electron chi connectivity index (χ2n) is 16.6. The van der Waals surface area contributed by atoms with Crippen LogP contribution in [0.15, 0.2) is 206 Å². The number of rotatable bonds is 6. The van der Waals surface area contributed by atoms with E-state index in [-0.39, 0.29) is 0 Å². The van der Waals surface area contributed by atoms with E-state index in [1.807, 2.05) is 42.6 Å². The van der Waals surface area contributed by atoms with Gasteiger partial charge in [0, 0.05) is 34.1 Å². The van der Waals surface area contributed by atoms with Gasteiger partial charge in [-0.25, -0.2) is 15.0 Å². The first kappa shape index (κ1) is 36.7. The summed E-state index contributed by atoms with van der Waals surface area (Å²) in [4.78, 5) is 20.1. The van der Waals surface area contributed by atoms with Crippen molar-refractivity contribution >= 4 is 0 Å². The predicted molar refractivity (Wildman–Crippen MR) is 256 cm³/mol. The van der Waals surface area contributed by atoms with Crippen molar-refractivity contribution in [3.05, 3.63) is 240 Å². The summed E-state index contributed by atoms with van der Waals surface area (Å²) in [7, 11) is 0. The lowest BCUT2D eigenvalue weighted by Crippen LogP contribution is -2.26. The van der Waals surface area contributed by atoms with Crippen LogP contribution in [0.5, 0.6) is 0 Å². The Hall–Kier alpha value is -8.08. The maximum Gasteiger partial charge on any atom is 0.164 e. The number of benzene rings is 8. The standard InChI is InChI=1S/C59H40N4/c1-37-34-50(38(2)60-36-37)40-30-28-39(29-31-40)44-20-9-10-21-45(44)48-24-15-27-53-55(48)49-33-32-43(35-54(49)59(53)51-25-13-11-22-46(51)47-23-12-14-26-52(47)59)58-62-56(41-16-5-3-6-17-41)61-57(63-58)42-18-7-4-8-19-42/h3-36H,1-2H3. The molecule has 12 rings (SSSR count). The summed E-state index contributed by atoms with van der Waals surface area (Å²) in [6, 6.07) is 72.2. The van der Waals surface area contributed by atoms with Crippen LogP contribution in [0, 0.1) is 13.8 Å². The first-order valence-corrected chi connectivity index (χ1v) is 21.5. The predicted octanol–water partition coefficient (Wildman–Crippen LogP) is 14.2. The molecule has 296 valence electrons. The van der Waals surface area contributed by atoms with Gasteiger partial charge < -0.3 is 0 Å². The van der Waals surface area contributed by atoms with Crippen molar-refractivity contribution in [1.82, 2.24) is 19.9 Å². The minimum Gasteiger partial charge on any atom is -0.261 e. The summed E-state index contributed by atoms with van der Waals surface area (Å²) in [6.45, 7) is 4.18. The fourth-order valence-electron chi connectivity index (χ4n) is 10.2. The van der Waals surface area contributed by atoms with Gasteiger partial charge in [-0.3, -0.25) is 4.98 Å². The third-order valence-electron chi connectivity index (χ3n) is 13.0. The lowest BCUT2D eigenvalue weighted by Gasteiger charge is -2.31. The third kappa shape index (κ3) is 5.76. The van der Waals surface area contributed by atoms with Gasteiger partial charge in [0.1, 0.15) is 0 Å². The molecule has 0 N–H and O–H groups in total. The molecule has 2 aliphatic rings. The van der Waals surface area contributed by atoms with Crippen LogP contribution in [0.4, 0.5) is 0 Å². The topological polar surface area (TPSA) is 51.6 Å². The van der Waals surface area contributed by atoms with Crippen LogP contribution in [0.1, 0.15) is 33.5 Å². The fourth-order valence-corrected chi connectivity index (χ4v) is 10.2. The highest BCUT2D eigenvalue weighted by molar-refractivity contribution is 6.02. The van der Waals surface area contributed by atoms with Crippen molar-refractivity contribution in [1.29, 1.82) is 0 Å². The van der Waals surface area contributed by atoms with E-state index in [1.165, 1.54) is 77.9 Å². The lowest BCUT2D eigenvalue weighted by molar-refractivity contribution is 0.794. The Balaban J connectivity index is 1.09. The van der Waals surface area contributed by atoms with Gasteiger partial charge in [-0.15, -0.1) is 0 Å². The quantitative estimate of drug-likeness (QED) is 0.168. The van der Waals surface area contributed by atoms with Crippen LogP contribution in [-0.4, -0.2) is 19.9 Å². The minimum atomic E-state index is -0.572. The molecule has 1 spiro atoms. The number of hydrogen-bond donors (Lipinski definition) is 0. The molecule has 0 radical (unpaired) electrons. The van der Waals surface area contributed by atoms with Crippen LogP contribution in [0.25, 0.3) is 89.8 Å². The van der Waals surface area contributed by atoms with Crippen LogP contribution >= 0.6 is 0 Å². The van der Waals surface area contributed by atoms with Gasteiger partial charge in [0.15, 0.2) is 17.5 Å². The molecule has 2 heterocycles. The van der Waals surface area contributed by atoms with Crippen molar-refractivity contribution in [2.45, 2.75) is 19.3 Å². The fraction of sp³-hybridized carbons (Fsp3) is 0.0508. The van der Waals surface area contributed by atoms with Gasteiger partial charge in [-0.05, 0) is 104 Å². The Morgan fingerprint density at radius 3 is 1.41 bits per heavy atom. The van der Waals surface area contributed by atoms with E-state index in [2.05, 4.69) is 183 Å². The van der Waals surface area contributed by atoms with Crippen LogP contribution in [-0.2, 0) is 5.41 Å². The number of fused-ring (bicyclic) bond motifs is 10. The Morgan fingerprint density at radius 1 is 0.317 bits per heavy atom. The zero-order valence-corrected chi connectivity index (χ0v) is 34.9. The largest absolute Gasteiger partial charge is 0.261 e. The molecule has 4 nitrogen and oxygen atoms in total. The number of aromatic nitrogens is 4. The van der Waals surface area contributed by atoms with Crippen molar-refractivity contribution in [3.8, 4) is 89.8 Å². The zero-order chi connectivity index (χ0) is 42.1. The maximum atomic E-state index is 5.20. The molecule has 0 amide bonds. The first-order valence-electron chi connectivity index (χ1n) is 21.5. The molecule has 0 unspecified atom stereocenters.